The summed E-state index contributed by atoms with van der Waals surface area (Å²) in [5, 5.41) is 1.79. The first-order valence-corrected chi connectivity index (χ1v) is 6.53. The molecule has 0 spiro atoms. The Morgan fingerprint density at radius 2 is 2.22 bits per heavy atom. The first-order valence-electron chi connectivity index (χ1n) is 5.65. The second kappa shape index (κ2) is 5.39. The number of amides is 1. The number of hydrogen-bond acceptors (Lipinski definition) is 5. The highest BCUT2D eigenvalue weighted by Gasteiger charge is 2.32. The number of esters is 1. The van der Waals surface area contributed by atoms with Gasteiger partial charge in [-0.2, -0.15) is 0 Å². The van der Waals surface area contributed by atoms with Gasteiger partial charge in [0.25, 0.3) is 5.91 Å². The zero-order chi connectivity index (χ0) is 13.1. The van der Waals surface area contributed by atoms with Crippen LogP contribution in [-0.2, 0) is 9.53 Å². The van der Waals surface area contributed by atoms with Gasteiger partial charge in [0, 0.05) is 24.5 Å². The van der Waals surface area contributed by atoms with E-state index in [0.717, 1.165) is 0 Å². The molecule has 1 amide bonds. The SMILES string of the molecule is COC(=O)C1CCN(C(=O)c2cc(OC)cs2)C1. The summed E-state index contributed by atoms with van der Waals surface area (Å²) in [5.41, 5.74) is 0. The van der Waals surface area contributed by atoms with Gasteiger partial charge in [-0.25, -0.2) is 0 Å². The molecule has 2 rings (SSSR count). The van der Waals surface area contributed by atoms with Crippen molar-refractivity contribution in [3.63, 3.8) is 0 Å². The van der Waals surface area contributed by atoms with E-state index in [1.807, 2.05) is 0 Å². The Bertz CT molecular complexity index is 457. The lowest BCUT2D eigenvalue weighted by Crippen LogP contribution is -2.29. The van der Waals surface area contributed by atoms with E-state index in [1.54, 1.807) is 23.5 Å². The van der Waals surface area contributed by atoms with E-state index >= 15 is 0 Å². The van der Waals surface area contributed by atoms with Crippen LogP contribution in [0.3, 0.4) is 0 Å². The number of thiophene rings is 1. The van der Waals surface area contributed by atoms with Crippen LogP contribution < -0.4 is 4.74 Å². The fourth-order valence-electron chi connectivity index (χ4n) is 2.00. The molecule has 1 aliphatic rings. The van der Waals surface area contributed by atoms with E-state index in [0.29, 0.717) is 30.1 Å². The van der Waals surface area contributed by atoms with Gasteiger partial charge in [0.1, 0.15) is 5.75 Å². The molecule has 98 valence electrons. The average molecular weight is 269 g/mol. The van der Waals surface area contributed by atoms with Crippen molar-refractivity contribution in [2.45, 2.75) is 6.42 Å². The van der Waals surface area contributed by atoms with Crippen molar-refractivity contribution in [3.8, 4) is 5.75 Å². The standard InChI is InChI=1S/C12H15NO4S/c1-16-9-5-10(18-7-9)11(14)13-4-3-8(6-13)12(15)17-2/h5,7-8H,3-4,6H2,1-2H3. The lowest BCUT2D eigenvalue weighted by Gasteiger charge is -2.14. The molecule has 0 radical (unpaired) electrons. The molecule has 6 heteroatoms. The van der Waals surface area contributed by atoms with Crippen molar-refractivity contribution >= 4 is 23.2 Å². The van der Waals surface area contributed by atoms with Crippen LogP contribution >= 0.6 is 11.3 Å². The molecule has 1 atom stereocenters. The second-order valence-electron chi connectivity index (χ2n) is 4.11. The summed E-state index contributed by atoms with van der Waals surface area (Å²) in [6.45, 7) is 1.03. The maximum atomic E-state index is 12.2. The number of nitrogens with zero attached hydrogens (tertiary/aromatic N) is 1. The molecular formula is C12H15NO4S. The maximum absolute atomic E-state index is 12.2. The molecule has 18 heavy (non-hydrogen) atoms. The molecule has 0 saturated carbocycles. The van der Waals surface area contributed by atoms with Crippen LogP contribution in [0.15, 0.2) is 11.4 Å². The fraction of sp³-hybridized carbons (Fsp3) is 0.500. The van der Waals surface area contributed by atoms with Crippen LogP contribution in [0.25, 0.3) is 0 Å². The second-order valence-corrected chi connectivity index (χ2v) is 5.02. The Labute approximate surface area is 109 Å². The summed E-state index contributed by atoms with van der Waals surface area (Å²) in [5.74, 6) is 0.205. The van der Waals surface area contributed by atoms with Gasteiger partial charge in [0.2, 0.25) is 0 Å². The van der Waals surface area contributed by atoms with Gasteiger partial charge in [-0.05, 0) is 6.42 Å². The Morgan fingerprint density at radius 1 is 1.44 bits per heavy atom. The largest absolute Gasteiger partial charge is 0.496 e. The number of rotatable bonds is 3. The molecule has 0 aromatic carbocycles. The van der Waals surface area contributed by atoms with Gasteiger partial charge in [0.15, 0.2) is 0 Å². The Hall–Kier alpha value is -1.56. The molecule has 2 heterocycles. The van der Waals surface area contributed by atoms with Crippen LogP contribution in [-0.4, -0.2) is 44.1 Å². The molecule has 0 aliphatic carbocycles. The van der Waals surface area contributed by atoms with Gasteiger partial charge in [-0.1, -0.05) is 0 Å². The van der Waals surface area contributed by atoms with E-state index in [1.165, 1.54) is 18.4 Å². The molecule has 1 aromatic heterocycles. The summed E-state index contributed by atoms with van der Waals surface area (Å²) >= 11 is 1.35. The van der Waals surface area contributed by atoms with Crippen molar-refractivity contribution < 1.29 is 19.1 Å². The Morgan fingerprint density at radius 3 is 2.83 bits per heavy atom. The third-order valence-electron chi connectivity index (χ3n) is 3.03. The number of ether oxygens (including phenoxy) is 2. The van der Waals surface area contributed by atoms with Crippen LogP contribution in [0.2, 0.25) is 0 Å². The predicted molar refractivity (Wildman–Crippen MR) is 66.9 cm³/mol. The van der Waals surface area contributed by atoms with Gasteiger partial charge < -0.3 is 14.4 Å². The third-order valence-corrected chi connectivity index (χ3v) is 3.93. The summed E-state index contributed by atoms with van der Waals surface area (Å²) in [6, 6.07) is 1.72. The predicted octanol–water partition coefficient (Wildman–Crippen LogP) is 1.39. The smallest absolute Gasteiger partial charge is 0.310 e. The van der Waals surface area contributed by atoms with Crippen molar-refractivity contribution in [2.75, 3.05) is 27.3 Å². The van der Waals surface area contributed by atoms with Gasteiger partial charge in [0.05, 0.1) is 25.0 Å². The van der Waals surface area contributed by atoms with E-state index in [2.05, 4.69) is 0 Å². The molecule has 1 saturated heterocycles. The van der Waals surface area contributed by atoms with Crippen molar-refractivity contribution in [1.29, 1.82) is 0 Å². The quantitative estimate of drug-likeness (QED) is 0.778. The third kappa shape index (κ3) is 2.48. The summed E-state index contributed by atoms with van der Waals surface area (Å²) in [6.07, 6.45) is 0.668. The molecule has 0 bridgehead atoms. The summed E-state index contributed by atoms with van der Waals surface area (Å²) < 4.78 is 9.75. The van der Waals surface area contributed by atoms with Crippen LogP contribution in [0.4, 0.5) is 0 Å². The first kappa shape index (κ1) is 12.9. The fourth-order valence-corrected chi connectivity index (χ4v) is 2.82. The Balaban J connectivity index is 2.01. The summed E-state index contributed by atoms with van der Waals surface area (Å²) in [4.78, 5) is 25.9. The highest BCUT2D eigenvalue weighted by molar-refractivity contribution is 7.12. The highest BCUT2D eigenvalue weighted by Crippen LogP contribution is 2.25. The van der Waals surface area contributed by atoms with E-state index < -0.39 is 0 Å². The minimum atomic E-state index is -0.242. The molecule has 1 aromatic rings. The Kier molecular flexibility index (Phi) is 3.86. The molecule has 1 unspecified atom stereocenters. The van der Waals surface area contributed by atoms with Gasteiger partial charge >= 0.3 is 5.97 Å². The maximum Gasteiger partial charge on any atom is 0.310 e. The van der Waals surface area contributed by atoms with Crippen molar-refractivity contribution in [1.82, 2.24) is 4.90 Å². The number of likely N-dealkylation sites (tertiary alicyclic amines) is 1. The average Bonchev–Trinajstić information content (AvgIpc) is 3.05. The number of methoxy groups -OCH3 is 2. The topological polar surface area (TPSA) is 55.8 Å². The first-order chi connectivity index (χ1) is 8.65. The van der Waals surface area contributed by atoms with Crippen LogP contribution in [0, 0.1) is 5.92 Å². The van der Waals surface area contributed by atoms with Crippen LogP contribution in [0.5, 0.6) is 5.75 Å². The minimum absolute atomic E-state index is 0.0466. The minimum Gasteiger partial charge on any atom is -0.496 e. The van der Waals surface area contributed by atoms with Gasteiger partial charge in [-0.15, -0.1) is 11.3 Å². The summed E-state index contributed by atoms with van der Waals surface area (Å²) in [7, 11) is 2.94. The number of carbonyl (C=O) groups is 2. The van der Waals surface area contributed by atoms with Crippen molar-refractivity contribution in [2.24, 2.45) is 5.92 Å². The van der Waals surface area contributed by atoms with Crippen LogP contribution in [0.1, 0.15) is 16.1 Å². The van der Waals surface area contributed by atoms with E-state index in [9.17, 15) is 9.59 Å². The van der Waals surface area contributed by atoms with Crippen molar-refractivity contribution in [3.05, 3.63) is 16.3 Å². The zero-order valence-corrected chi connectivity index (χ0v) is 11.2. The molecule has 5 nitrogen and oxygen atoms in total. The zero-order valence-electron chi connectivity index (χ0n) is 10.3. The molecule has 0 N–H and O–H groups in total. The lowest BCUT2D eigenvalue weighted by molar-refractivity contribution is -0.144. The molecule has 1 fully saturated rings. The van der Waals surface area contributed by atoms with Gasteiger partial charge in [-0.3, -0.25) is 9.59 Å². The monoisotopic (exact) mass is 269 g/mol. The number of carbonyl (C=O) groups excluding carboxylic acids is 2. The normalized spacial score (nSPS) is 18.8. The van der Waals surface area contributed by atoms with E-state index in [-0.39, 0.29) is 17.8 Å². The number of hydrogen-bond donors (Lipinski definition) is 0. The van der Waals surface area contributed by atoms with E-state index in [4.69, 9.17) is 9.47 Å². The molecular weight excluding hydrogens is 254 g/mol. The highest BCUT2D eigenvalue weighted by atomic mass is 32.1. The molecule has 1 aliphatic heterocycles. The lowest BCUT2D eigenvalue weighted by atomic mass is 10.1.